The van der Waals surface area contributed by atoms with Crippen LogP contribution in [0.2, 0.25) is 0 Å². The molecule has 3 rings (SSSR count). The first-order valence-corrected chi connectivity index (χ1v) is 10.8. The van der Waals surface area contributed by atoms with Gasteiger partial charge < -0.3 is 20.5 Å². The average Bonchev–Trinajstić information content (AvgIpc) is 3.02. The summed E-state index contributed by atoms with van der Waals surface area (Å²) in [6.07, 6.45) is 5.83. The minimum atomic E-state index is -0.500. The van der Waals surface area contributed by atoms with Gasteiger partial charge in [0.1, 0.15) is 5.00 Å². The molecule has 0 bridgehead atoms. The Labute approximate surface area is 182 Å². The molecule has 6 nitrogen and oxygen atoms in total. The van der Waals surface area contributed by atoms with E-state index in [9.17, 15) is 9.59 Å². The molecule has 3 N–H and O–H groups in total. The number of nitrogens with two attached hydrogens (primary N) is 1. The molecule has 0 aliphatic heterocycles. The SMILES string of the molecule is COc1cc(/C=C/C(=O)Nc2sc3c(c2C(N)=O)CCC(C)C3)cc(Br)c1OC. The third kappa shape index (κ3) is 4.64. The minimum Gasteiger partial charge on any atom is -0.493 e. The number of amides is 2. The predicted molar refractivity (Wildman–Crippen MR) is 119 cm³/mol. The van der Waals surface area contributed by atoms with Crippen LogP contribution in [0.1, 0.15) is 39.7 Å². The molecule has 1 atom stereocenters. The maximum atomic E-state index is 12.5. The van der Waals surface area contributed by atoms with E-state index in [1.165, 1.54) is 17.4 Å². The molecular weight excluding hydrogens is 456 g/mol. The van der Waals surface area contributed by atoms with Gasteiger partial charge in [-0.2, -0.15) is 0 Å². The highest BCUT2D eigenvalue weighted by Crippen LogP contribution is 2.39. The van der Waals surface area contributed by atoms with Crippen LogP contribution in [0, 0.1) is 5.92 Å². The number of nitrogens with one attached hydrogen (secondary N) is 1. The number of methoxy groups -OCH3 is 2. The van der Waals surface area contributed by atoms with Crippen LogP contribution in [-0.2, 0) is 17.6 Å². The van der Waals surface area contributed by atoms with E-state index in [0.29, 0.717) is 28.0 Å². The number of thiophene rings is 1. The normalized spacial score (nSPS) is 15.8. The first kappa shape index (κ1) is 21.4. The number of primary amides is 1. The van der Waals surface area contributed by atoms with Crippen molar-refractivity contribution in [3.05, 3.63) is 44.2 Å². The molecule has 1 aliphatic rings. The van der Waals surface area contributed by atoms with Crippen molar-refractivity contribution < 1.29 is 19.1 Å². The Morgan fingerprint density at radius 3 is 2.72 bits per heavy atom. The second-order valence-corrected chi connectivity index (χ2v) is 8.94. The van der Waals surface area contributed by atoms with E-state index in [1.807, 2.05) is 6.07 Å². The number of rotatable bonds is 6. The van der Waals surface area contributed by atoms with Gasteiger partial charge in [0.25, 0.3) is 5.91 Å². The van der Waals surface area contributed by atoms with Gasteiger partial charge in [0.2, 0.25) is 5.91 Å². The first-order valence-electron chi connectivity index (χ1n) is 9.19. The third-order valence-electron chi connectivity index (χ3n) is 4.88. The molecule has 0 saturated heterocycles. The zero-order chi connectivity index (χ0) is 21.1. The lowest BCUT2D eigenvalue weighted by Crippen LogP contribution is -2.18. The van der Waals surface area contributed by atoms with Crippen LogP contribution in [0.3, 0.4) is 0 Å². The molecule has 2 aromatic rings. The topological polar surface area (TPSA) is 90.6 Å². The number of hydrogen-bond donors (Lipinski definition) is 2. The fourth-order valence-corrected chi connectivity index (χ4v) is 5.50. The van der Waals surface area contributed by atoms with Crippen LogP contribution in [0.25, 0.3) is 6.08 Å². The Balaban J connectivity index is 1.81. The molecule has 2 amide bonds. The Morgan fingerprint density at radius 1 is 1.31 bits per heavy atom. The monoisotopic (exact) mass is 478 g/mol. The summed E-state index contributed by atoms with van der Waals surface area (Å²) < 4.78 is 11.3. The second-order valence-electron chi connectivity index (χ2n) is 6.98. The van der Waals surface area contributed by atoms with Crippen LogP contribution in [0.15, 0.2) is 22.7 Å². The quantitative estimate of drug-likeness (QED) is 0.601. The van der Waals surface area contributed by atoms with E-state index in [-0.39, 0.29) is 5.91 Å². The van der Waals surface area contributed by atoms with E-state index >= 15 is 0 Å². The Bertz CT molecular complexity index is 984. The van der Waals surface area contributed by atoms with Gasteiger partial charge in [0, 0.05) is 11.0 Å². The lowest BCUT2D eigenvalue weighted by atomic mass is 9.88. The van der Waals surface area contributed by atoms with Crippen molar-refractivity contribution in [2.24, 2.45) is 11.7 Å². The molecule has 154 valence electrons. The van der Waals surface area contributed by atoms with Gasteiger partial charge in [-0.15, -0.1) is 11.3 Å². The lowest BCUT2D eigenvalue weighted by molar-refractivity contribution is -0.111. The molecule has 0 spiro atoms. The van der Waals surface area contributed by atoms with E-state index in [1.54, 1.807) is 26.4 Å². The maximum Gasteiger partial charge on any atom is 0.251 e. The van der Waals surface area contributed by atoms with E-state index in [4.69, 9.17) is 15.2 Å². The first-order chi connectivity index (χ1) is 13.8. The third-order valence-corrected chi connectivity index (χ3v) is 6.64. The summed E-state index contributed by atoms with van der Waals surface area (Å²) in [5.74, 6) is 0.871. The molecule has 1 unspecified atom stereocenters. The standard InChI is InChI=1S/C21H23BrN2O4S/c1-11-4-6-13-16(8-11)29-21(18(13)20(23)26)24-17(25)7-5-12-9-14(22)19(28-3)15(10-12)27-2/h5,7,9-11H,4,6,8H2,1-3H3,(H2,23,26)(H,24,25)/b7-5+. The van der Waals surface area contributed by atoms with Gasteiger partial charge in [-0.3, -0.25) is 9.59 Å². The summed E-state index contributed by atoms with van der Waals surface area (Å²) in [5.41, 5.74) is 7.81. The van der Waals surface area contributed by atoms with Crippen molar-refractivity contribution in [1.29, 1.82) is 0 Å². The molecule has 0 fully saturated rings. The zero-order valence-corrected chi connectivity index (χ0v) is 18.9. The lowest BCUT2D eigenvalue weighted by Gasteiger charge is -2.18. The van der Waals surface area contributed by atoms with Crippen molar-refractivity contribution >= 4 is 50.2 Å². The summed E-state index contributed by atoms with van der Waals surface area (Å²) in [7, 11) is 3.11. The molecule has 0 radical (unpaired) electrons. The van der Waals surface area contributed by atoms with E-state index in [2.05, 4.69) is 28.2 Å². The van der Waals surface area contributed by atoms with Crippen LogP contribution < -0.4 is 20.5 Å². The van der Waals surface area contributed by atoms with Crippen molar-refractivity contribution in [2.45, 2.75) is 26.2 Å². The van der Waals surface area contributed by atoms with Gasteiger partial charge in [0.05, 0.1) is 24.3 Å². The van der Waals surface area contributed by atoms with Crippen molar-refractivity contribution in [3.63, 3.8) is 0 Å². The van der Waals surface area contributed by atoms with E-state index < -0.39 is 5.91 Å². The highest BCUT2D eigenvalue weighted by molar-refractivity contribution is 9.10. The van der Waals surface area contributed by atoms with Gasteiger partial charge in [-0.25, -0.2) is 0 Å². The van der Waals surface area contributed by atoms with Gasteiger partial charge in [-0.05, 0) is 70.4 Å². The molecular formula is C21H23BrN2O4S. The van der Waals surface area contributed by atoms with Crippen LogP contribution in [0.5, 0.6) is 11.5 Å². The Kier molecular flexibility index (Phi) is 6.64. The fourth-order valence-electron chi connectivity index (χ4n) is 3.46. The number of hydrogen-bond acceptors (Lipinski definition) is 5. The molecule has 0 saturated carbocycles. The molecule has 1 heterocycles. The summed E-state index contributed by atoms with van der Waals surface area (Å²) in [6.45, 7) is 2.19. The summed E-state index contributed by atoms with van der Waals surface area (Å²) in [5, 5.41) is 3.35. The largest absolute Gasteiger partial charge is 0.493 e. The Hall–Kier alpha value is -2.32. The van der Waals surface area contributed by atoms with Crippen LogP contribution >= 0.6 is 27.3 Å². The minimum absolute atomic E-state index is 0.329. The van der Waals surface area contributed by atoms with Gasteiger partial charge >= 0.3 is 0 Å². The maximum absolute atomic E-state index is 12.5. The number of carbonyl (C=O) groups is 2. The molecule has 1 aliphatic carbocycles. The van der Waals surface area contributed by atoms with Crippen molar-refractivity contribution in [3.8, 4) is 11.5 Å². The number of halogens is 1. The summed E-state index contributed by atoms with van der Waals surface area (Å²) in [6, 6.07) is 3.60. The number of ether oxygens (including phenoxy) is 2. The highest BCUT2D eigenvalue weighted by atomic mass is 79.9. The highest BCUT2D eigenvalue weighted by Gasteiger charge is 2.26. The van der Waals surface area contributed by atoms with Gasteiger partial charge in [-0.1, -0.05) is 6.92 Å². The smallest absolute Gasteiger partial charge is 0.251 e. The zero-order valence-electron chi connectivity index (χ0n) is 16.5. The number of fused-ring (bicyclic) bond motifs is 1. The second kappa shape index (κ2) is 9.00. The van der Waals surface area contributed by atoms with E-state index in [0.717, 1.165) is 39.7 Å². The summed E-state index contributed by atoms with van der Waals surface area (Å²) >= 11 is 4.88. The predicted octanol–water partition coefficient (Wildman–Crippen LogP) is 4.40. The molecule has 1 aromatic heterocycles. The fraction of sp³-hybridized carbons (Fsp3) is 0.333. The van der Waals surface area contributed by atoms with Crippen molar-refractivity contribution in [1.82, 2.24) is 0 Å². The number of benzene rings is 1. The van der Waals surface area contributed by atoms with Crippen LogP contribution in [-0.4, -0.2) is 26.0 Å². The van der Waals surface area contributed by atoms with Crippen molar-refractivity contribution in [2.75, 3.05) is 19.5 Å². The molecule has 1 aromatic carbocycles. The Morgan fingerprint density at radius 2 is 2.07 bits per heavy atom. The van der Waals surface area contributed by atoms with Gasteiger partial charge in [0.15, 0.2) is 11.5 Å². The number of anilines is 1. The van der Waals surface area contributed by atoms with Crippen LogP contribution in [0.4, 0.5) is 5.00 Å². The average molecular weight is 479 g/mol. The number of carbonyl (C=O) groups excluding carboxylic acids is 2. The molecule has 8 heteroatoms. The molecule has 29 heavy (non-hydrogen) atoms. The summed E-state index contributed by atoms with van der Waals surface area (Å²) in [4.78, 5) is 25.6.